The Bertz CT molecular complexity index is 762. The highest BCUT2D eigenvalue weighted by Crippen LogP contribution is 2.37. The predicted octanol–water partition coefficient (Wildman–Crippen LogP) is 2.98. The van der Waals surface area contributed by atoms with Crippen LogP contribution in [0.15, 0.2) is 22.7 Å². The Labute approximate surface area is 136 Å². The van der Waals surface area contributed by atoms with E-state index in [1.807, 2.05) is 13.0 Å². The molecule has 0 bridgehead atoms. The monoisotopic (exact) mass is 363 g/mol. The zero-order valence-electron chi connectivity index (χ0n) is 12.4. The van der Waals surface area contributed by atoms with Crippen molar-refractivity contribution < 1.29 is 14.3 Å². The number of hydrogen-bond donors (Lipinski definition) is 0. The zero-order chi connectivity index (χ0) is 16.3. The highest BCUT2D eigenvalue weighted by molar-refractivity contribution is 9.10. The maximum Gasteiger partial charge on any atom is 0.362 e. The van der Waals surface area contributed by atoms with Crippen LogP contribution >= 0.6 is 15.9 Å². The highest BCUT2D eigenvalue weighted by Gasteiger charge is 2.20. The Morgan fingerprint density at radius 1 is 1.45 bits per heavy atom. The molecular formula is C15H14BrN3O3. The maximum absolute atomic E-state index is 12.3. The number of esters is 1. The lowest BCUT2D eigenvalue weighted by molar-refractivity contribution is 0.0715. The third kappa shape index (κ3) is 3.28. The first-order valence-corrected chi connectivity index (χ1v) is 7.34. The van der Waals surface area contributed by atoms with Gasteiger partial charge < -0.3 is 9.47 Å². The van der Waals surface area contributed by atoms with Gasteiger partial charge in [0.25, 0.3) is 0 Å². The van der Waals surface area contributed by atoms with E-state index in [-0.39, 0.29) is 5.75 Å². The fourth-order valence-corrected chi connectivity index (χ4v) is 2.46. The second kappa shape index (κ2) is 6.62. The molecule has 0 atom stereocenters. The smallest absolute Gasteiger partial charge is 0.362 e. The van der Waals surface area contributed by atoms with Crippen molar-refractivity contribution in [2.75, 3.05) is 6.61 Å². The number of rotatable bonds is 4. The molecule has 2 aromatic rings. The maximum atomic E-state index is 12.3. The summed E-state index contributed by atoms with van der Waals surface area (Å²) in [6.45, 7) is 3.99. The van der Waals surface area contributed by atoms with Crippen LogP contribution in [0, 0.1) is 18.3 Å². The lowest BCUT2D eigenvalue weighted by atomic mass is 10.2. The predicted molar refractivity (Wildman–Crippen MR) is 82.9 cm³/mol. The topological polar surface area (TPSA) is 77.1 Å². The number of halogens is 1. The molecule has 2 rings (SSSR count). The minimum Gasteiger partial charge on any atom is -0.490 e. The first kappa shape index (κ1) is 16.0. The SMILES string of the molecule is CCOc1cc(C#N)cc(Br)c1OC(=O)c1cc(C)nn1C. The van der Waals surface area contributed by atoms with Gasteiger partial charge in [-0.1, -0.05) is 0 Å². The van der Waals surface area contributed by atoms with E-state index < -0.39 is 5.97 Å². The molecule has 0 fully saturated rings. The molecule has 0 N–H and O–H groups in total. The molecule has 0 aliphatic heterocycles. The van der Waals surface area contributed by atoms with Gasteiger partial charge in [-0.2, -0.15) is 10.4 Å². The van der Waals surface area contributed by atoms with Crippen LogP contribution < -0.4 is 9.47 Å². The molecule has 0 amide bonds. The summed E-state index contributed by atoms with van der Waals surface area (Å²) in [6, 6.07) is 6.77. The van der Waals surface area contributed by atoms with Gasteiger partial charge in [-0.15, -0.1) is 0 Å². The summed E-state index contributed by atoms with van der Waals surface area (Å²) in [7, 11) is 1.67. The number of benzene rings is 1. The Kier molecular flexibility index (Phi) is 4.83. The van der Waals surface area contributed by atoms with Gasteiger partial charge in [0.15, 0.2) is 11.5 Å². The molecule has 7 heteroatoms. The lowest BCUT2D eigenvalue weighted by Crippen LogP contribution is -2.14. The van der Waals surface area contributed by atoms with Crippen molar-refractivity contribution in [2.45, 2.75) is 13.8 Å². The minimum atomic E-state index is -0.547. The van der Waals surface area contributed by atoms with Crippen molar-refractivity contribution in [3.05, 3.63) is 39.6 Å². The molecule has 114 valence electrons. The van der Waals surface area contributed by atoms with Crippen molar-refractivity contribution in [2.24, 2.45) is 7.05 Å². The molecular weight excluding hydrogens is 350 g/mol. The van der Waals surface area contributed by atoms with E-state index in [0.717, 1.165) is 5.69 Å². The van der Waals surface area contributed by atoms with Crippen LogP contribution in [-0.4, -0.2) is 22.4 Å². The molecule has 0 aliphatic rings. The van der Waals surface area contributed by atoms with Gasteiger partial charge >= 0.3 is 5.97 Å². The summed E-state index contributed by atoms with van der Waals surface area (Å²) in [5, 5.41) is 13.1. The molecule has 6 nitrogen and oxygen atoms in total. The largest absolute Gasteiger partial charge is 0.490 e. The average Bonchev–Trinajstić information content (AvgIpc) is 2.81. The van der Waals surface area contributed by atoms with Crippen LogP contribution in [0.2, 0.25) is 0 Å². The van der Waals surface area contributed by atoms with Crippen LogP contribution in [0.3, 0.4) is 0 Å². The van der Waals surface area contributed by atoms with Crippen LogP contribution in [0.1, 0.15) is 28.7 Å². The number of carbonyl (C=O) groups is 1. The van der Waals surface area contributed by atoms with Gasteiger partial charge in [-0.25, -0.2) is 4.79 Å². The van der Waals surface area contributed by atoms with Gasteiger partial charge in [-0.05, 0) is 41.9 Å². The lowest BCUT2D eigenvalue weighted by Gasteiger charge is -2.12. The van der Waals surface area contributed by atoms with Crippen molar-refractivity contribution in [1.29, 1.82) is 5.26 Å². The molecule has 1 aromatic carbocycles. The van der Waals surface area contributed by atoms with E-state index in [2.05, 4.69) is 21.0 Å². The van der Waals surface area contributed by atoms with Gasteiger partial charge in [-0.3, -0.25) is 4.68 Å². The molecule has 0 unspecified atom stereocenters. The molecule has 0 saturated heterocycles. The number of aromatic nitrogens is 2. The minimum absolute atomic E-state index is 0.240. The summed E-state index contributed by atoms with van der Waals surface area (Å²) in [5.41, 5.74) is 1.46. The first-order chi connectivity index (χ1) is 10.5. The zero-order valence-corrected chi connectivity index (χ0v) is 14.0. The van der Waals surface area contributed by atoms with Crippen LogP contribution in [0.5, 0.6) is 11.5 Å². The van der Waals surface area contributed by atoms with Gasteiger partial charge in [0.05, 0.1) is 28.4 Å². The normalized spacial score (nSPS) is 10.1. The van der Waals surface area contributed by atoms with E-state index in [0.29, 0.717) is 28.1 Å². The number of carbonyl (C=O) groups excluding carboxylic acids is 1. The van der Waals surface area contributed by atoms with Gasteiger partial charge in [0.2, 0.25) is 0 Å². The van der Waals surface area contributed by atoms with E-state index in [9.17, 15) is 4.79 Å². The summed E-state index contributed by atoms with van der Waals surface area (Å²) >= 11 is 3.30. The van der Waals surface area contributed by atoms with E-state index in [4.69, 9.17) is 14.7 Å². The van der Waals surface area contributed by atoms with Gasteiger partial charge in [0.1, 0.15) is 5.69 Å². The summed E-state index contributed by atoms with van der Waals surface area (Å²) < 4.78 is 12.8. The highest BCUT2D eigenvalue weighted by atomic mass is 79.9. The fourth-order valence-electron chi connectivity index (χ4n) is 1.94. The number of nitriles is 1. The third-order valence-electron chi connectivity index (χ3n) is 2.84. The quantitative estimate of drug-likeness (QED) is 0.616. The third-order valence-corrected chi connectivity index (χ3v) is 3.43. The fraction of sp³-hybridized carbons (Fsp3) is 0.267. The Morgan fingerprint density at radius 3 is 2.73 bits per heavy atom. The number of aryl methyl sites for hydroxylation is 2. The van der Waals surface area contributed by atoms with Crippen molar-refractivity contribution in [3.63, 3.8) is 0 Å². The van der Waals surface area contributed by atoms with Crippen LogP contribution in [0.25, 0.3) is 0 Å². The molecule has 22 heavy (non-hydrogen) atoms. The Hall–Kier alpha value is -2.33. The molecule has 1 heterocycles. The number of ether oxygens (including phenoxy) is 2. The Morgan fingerprint density at radius 2 is 2.18 bits per heavy atom. The van der Waals surface area contributed by atoms with Crippen LogP contribution in [-0.2, 0) is 7.05 Å². The van der Waals surface area contributed by atoms with Crippen molar-refractivity contribution >= 4 is 21.9 Å². The molecule has 0 aliphatic carbocycles. The summed E-state index contributed by atoms with van der Waals surface area (Å²) in [5.74, 6) is 0.0276. The molecule has 0 saturated carbocycles. The number of nitrogens with zero attached hydrogens (tertiary/aromatic N) is 3. The molecule has 0 radical (unpaired) electrons. The van der Waals surface area contributed by atoms with Gasteiger partial charge in [0, 0.05) is 13.1 Å². The van der Waals surface area contributed by atoms with Crippen LogP contribution in [0.4, 0.5) is 0 Å². The van der Waals surface area contributed by atoms with Crippen molar-refractivity contribution in [3.8, 4) is 17.6 Å². The average molecular weight is 364 g/mol. The molecule has 0 spiro atoms. The van der Waals surface area contributed by atoms with Crippen molar-refractivity contribution in [1.82, 2.24) is 9.78 Å². The second-order valence-corrected chi connectivity index (χ2v) is 5.37. The van der Waals surface area contributed by atoms with E-state index >= 15 is 0 Å². The standard InChI is InChI=1S/C15H14BrN3O3/c1-4-21-13-7-10(8-17)6-11(16)14(13)22-15(20)12-5-9(2)18-19(12)3/h5-7H,4H2,1-3H3. The Balaban J connectivity index is 2.38. The summed E-state index contributed by atoms with van der Waals surface area (Å²) in [6.07, 6.45) is 0. The number of hydrogen-bond acceptors (Lipinski definition) is 5. The van der Waals surface area contributed by atoms with E-state index in [1.54, 1.807) is 26.1 Å². The second-order valence-electron chi connectivity index (χ2n) is 4.51. The summed E-state index contributed by atoms with van der Waals surface area (Å²) in [4.78, 5) is 12.3. The first-order valence-electron chi connectivity index (χ1n) is 6.55. The van der Waals surface area contributed by atoms with E-state index in [1.165, 1.54) is 10.7 Å². The molecule has 1 aromatic heterocycles.